The number of carboxylic acid groups (broad SMARTS) is 1. The Labute approximate surface area is 127 Å². The Balaban J connectivity index is 0.00000122. The quantitative estimate of drug-likeness (QED) is 0.548. The maximum Gasteiger partial charge on any atom is 0.290 e. The Morgan fingerprint density at radius 3 is 2.43 bits per heavy atom. The molecule has 2 N–H and O–H groups in total. The Hall–Kier alpha value is -1.14. The van der Waals surface area contributed by atoms with E-state index in [1.165, 1.54) is 0 Å². The maximum atomic E-state index is 11.9. The van der Waals surface area contributed by atoms with Gasteiger partial charge in [-0.3, -0.25) is 9.59 Å². The van der Waals surface area contributed by atoms with Crippen LogP contribution in [-0.4, -0.2) is 61.3 Å². The second-order valence-electron chi connectivity index (χ2n) is 5.41. The summed E-state index contributed by atoms with van der Waals surface area (Å²) in [4.78, 5) is 22.7. The van der Waals surface area contributed by atoms with Crippen molar-refractivity contribution in [3.63, 3.8) is 0 Å². The summed E-state index contributed by atoms with van der Waals surface area (Å²) in [5.74, 6) is 0.407. The third kappa shape index (κ3) is 9.42. The number of carbonyl (C=O) groups is 2. The zero-order chi connectivity index (χ0) is 16.1. The lowest BCUT2D eigenvalue weighted by atomic mass is 9.95. The molecule has 1 amide bonds. The molecular formula is C15H30N2O4. The van der Waals surface area contributed by atoms with Crippen LogP contribution in [0.2, 0.25) is 0 Å². The van der Waals surface area contributed by atoms with Gasteiger partial charge in [0.25, 0.3) is 6.47 Å². The summed E-state index contributed by atoms with van der Waals surface area (Å²) < 4.78 is 5.35. The van der Waals surface area contributed by atoms with Gasteiger partial charge >= 0.3 is 0 Å². The number of carbonyl (C=O) groups excluding carboxylic acids is 1. The third-order valence-electron chi connectivity index (χ3n) is 3.52. The van der Waals surface area contributed by atoms with E-state index < -0.39 is 0 Å². The summed E-state index contributed by atoms with van der Waals surface area (Å²) in [6.07, 6.45) is 3.00. The van der Waals surface area contributed by atoms with Crippen molar-refractivity contribution in [3.8, 4) is 0 Å². The van der Waals surface area contributed by atoms with Gasteiger partial charge in [0.15, 0.2) is 0 Å². The molecule has 1 aliphatic heterocycles. The smallest absolute Gasteiger partial charge is 0.290 e. The molecule has 0 atom stereocenters. The highest BCUT2D eigenvalue weighted by molar-refractivity contribution is 5.78. The Morgan fingerprint density at radius 2 is 1.95 bits per heavy atom. The van der Waals surface area contributed by atoms with Crippen LogP contribution in [0.4, 0.5) is 0 Å². The second kappa shape index (κ2) is 12.6. The Kier molecular flexibility index (Phi) is 11.9. The molecular weight excluding hydrogens is 272 g/mol. The predicted molar refractivity (Wildman–Crippen MR) is 82.2 cm³/mol. The lowest BCUT2D eigenvalue weighted by Crippen LogP contribution is -2.43. The average Bonchev–Trinajstić information content (AvgIpc) is 2.47. The minimum absolute atomic E-state index is 0.200. The zero-order valence-electron chi connectivity index (χ0n) is 13.5. The van der Waals surface area contributed by atoms with Gasteiger partial charge < -0.3 is 20.1 Å². The number of likely N-dealkylation sites (tertiary alicyclic amines) is 1. The van der Waals surface area contributed by atoms with Crippen LogP contribution in [-0.2, 0) is 14.3 Å². The molecule has 1 saturated heterocycles. The van der Waals surface area contributed by atoms with Crippen molar-refractivity contribution in [2.45, 2.75) is 46.1 Å². The second-order valence-corrected chi connectivity index (χ2v) is 5.41. The van der Waals surface area contributed by atoms with E-state index in [-0.39, 0.29) is 18.3 Å². The van der Waals surface area contributed by atoms with Gasteiger partial charge in [0.1, 0.15) is 0 Å². The van der Waals surface area contributed by atoms with Crippen molar-refractivity contribution in [1.82, 2.24) is 10.2 Å². The SMILES string of the molecule is CCCOCCNC(=O)C1CCN(C(C)C)CC1.O=CO. The first-order valence-corrected chi connectivity index (χ1v) is 7.74. The van der Waals surface area contributed by atoms with Gasteiger partial charge in [-0.25, -0.2) is 0 Å². The number of nitrogens with one attached hydrogen (secondary N) is 1. The van der Waals surface area contributed by atoms with Gasteiger partial charge in [-0.1, -0.05) is 6.92 Å². The third-order valence-corrected chi connectivity index (χ3v) is 3.52. The van der Waals surface area contributed by atoms with Crippen LogP contribution >= 0.6 is 0 Å². The first kappa shape index (κ1) is 19.9. The van der Waals surface area contributed by atoms with Crippen LogP contribution in [0.1, 0.15) is 40.0 Å². The van der Waals surface area contributed by atoms with Crippen molar-refractivity contribution in [2.75, 3.05) is 32.8 Å². The lowest BCUT2D eigenvalue weighted by Gasteiger charge is -2.33. The number of amides is 1. The maximum absolute atomic E-state index is 11.9. The molecule has 6 heteroatoms. The topological polar surface area (TPSA) is 78.9 Å². The van der Waals surface area contributed by atoms with E-state index in [1.54, 1.807) is 0 Å². The summed E-state index contributed by atoms with van der Waals surface area (Å²) in [5.41, 5.74) is 0. The van der Waals surface area contributed by atoms with Crippen LogP contribution < -0.4 is 5.32 Å². The first-order chi connectivity index (χ1) is 10.1. The molecule has 0 radical (unpaired) electrons. The fourth-order valence-corrected chi connectivity index (χ4v) is 2.32. The highest BCUT2D eigenvalue weighted by Crippen LogP contribution is 2.18. The van der Waals surface area contributed by atoms with Crippen LogP contribution in [0.5, 0.6) is 0 Å². The summed E-state index contributed by atoms with van der Waals surface area (Å²) in [6, 6.07) is 0.594. The molecule has 0 unspecified atom stereocenters. The molecule has 0 aromatic carbocycles. The normalized spacial score (nSPS) is 16.2. The lowest BCUT2D eigenvalue weighted by molar-refractivity contribution is -0.127. The summed E-state index contributed by atoms with van der Waals surface area (Å²) in [6.45, 7) is 10.4. The molecule has 1 fully saturated rings. The van der Waals surface area contributed by atoms with E-state index in [0.717, 1.165) is 39.0 Å². The minimum atomic E-state index is -0.250. The van der Waals surface area contributed by atoms with Crippen molar-refractivity contribution >= 4 is 12.4 Å². The highest BCUT2D eigenvalue weighted by atomic mass is 16.5. The van der Waals surface area contributed by atoms with Crippen molar-refractivity contribution in [2.24, 2.45) is 5.92 Å². The average molecular weight is 302 g/mol. The van der Waals surface area contributed by atoms with Crippen LogP contribution in [0.25, 0.3) is 0 Å². The molecule has 0 bridgehead atoms. The van der Waals surface area contributed by atoms with E-state index >= 15 is 0 Å². The molecule has 0 aliphatic carbocycles. The molecule has 6 nitrogen and oxygen atoms in total. The van der Waals surface area contributed by atoms with Crippen molar-refractivity contribution in [1.29, 1.82) is 0 Å². The molecule has 21 heavy (non-hydrogen) atoms. The summed E-state index contributed by atoms with van der Waals surface area (Å²) >= 11 is 0. The van der Waals surface area contributed by atoms with Crippen LogP contribution in [0.3, 0.4) is 0 Å². The predicted octanol–water partition coefficient (Wildman–Crippen LogP) is 1.35. The minimum Gasteiger partial charge on any atom is -0.483 e. The number of ether oxygens (including phenoxy) is 1. The first-order valence-electron chi connectivity index (χ1n) is 7.74. The fourth-order valence-electron chi connectivity index (χ4n) is 2.32. The number of rotatable bonds is 7. The van der Waals surface area contributed by atoms with Gasteiger partial charge in [0.05, 0.1) is 6.61 Å². The van der Waals surface area contributed by atoms with E-state index in [4.69, 9.17) is 14.6 Å². The van der Waals surface area contributed by atoms with E-state index in [2.05, 4.69) is 31.0 Å². The van der Waals surface area contributed by atoms with E-state index in [0.29, 0.717) is 19.2 Å². The monoisotopic (exact) mass is 302 g/mol. The van der Waals surface area contributed by atoms with Gasteiger partial charge in [0, 0.05) is 25.1 Å². The van der Waals surface area contributed by atoms with Gasteiger partial charge in [-0.05, 0) is 46.2 Å². The largest absolute Gasteiger partial charge is 0.483 e. The van der Waals surface area contributed by atoms with Crippen molar-refractivity contribution in [3.05, 3.63) is 0 Å². The molecule has 1 rings (SSSR count). The Bertz CT molecular complexity index is 277. The standard InChI is InChI=1S/C14H28N2O2.CH2O2/c1-4-10-18-11-7-15-14(17)13-5-8-16(9-6-13)12(2)3;2-1-3/h12-13H,4-11H2,1-3H3,(H,15,17);1H,(H,2,3). The molecule has 0 spiro atoms. The summed E-state index contributed by atoms with van der Waals surface area (Å²) in [5, 5.41) is 9.86. The molecule has 0 saturated carbocycles. The number of piperidine rings is 1. The molecule has 1 heterocycles. The van der Waals surface area contributed by atoms with E-state index in [1.807, 2.05) is 0 Å². The number of hydrogen-bond donors (Lipinski definition) is 2. The molecule has 1 aliphatic rings. The molecule has 0 aromatic heterocycles. The van der Waals surface area contributed by atoms with E-state index in [9.17, 15) is 4.79 Å². The summed E-state index contributed by atoms with van der Waals surface area (Å²) in [7, 11) is 0. The van der Waals surface area contributed by atoms with Crippen LogP contribution in [0, 0.1) is 5.92 Å². The van der Waals surface area contributed by atoms with Gasteiger partial charge in [-0.2, -0.15) is 0 Å². The zero-order valence-corrected chi connectivity index (χ0v) is 13.5. The molecule has 124 valence electrons. The van der Waals surface area contributed by atoms with Crippen LogP contribution in [0.15, 0.2) is 0 Å². The number of hydrogen-bond acceptors (Lipinski definition) is 4. The number of nitrogens with zero attached hydrogens (tertiary/aromatic N) is 1. The highest BCUT2D eigenvalue weighted by Gasteiger charge is 2.25. The van der Waals surface area contributed by atoms with Gasteiger partial charge in [0.2, 0.25) is 5.91 Å². The molecule has 0 aromatic rings. The van der Waals surface area contributed by atoms with Crippen molar-refractivity contribution < 1.29 is 19.4 Å². The fraction of sp³-hybridized carbons (Fsp3) is 0.867. The Morgan fingerprint density at radius 1 is 1.38 bits per heavy atom. The van der Waals surface area contributed by atoms with Gasteiger partial charge in [-0.15, -0.1) is 0 Å².